The molecule has 0 fully saturated rings. The summed E-state index contributed by atoms with van der Waals surface area (Å²) < 4.78 is 16.0. The second-order valence-electron chi connectivity index (χ2n) is 5.69. The highest BCUT2D eigenvalue weighted by Crippen LogP contribution is 2.19. The number of para-hydroxylation sites is 1. The number of carbonyl (C=O) groups excluding carboxylic acids is 1. The molecule has 0 saturated carbocycles. The second-order valence-corrected chi connectivity index (χ2v) is 5.69. The lowest BCUT2D eigenvalue weighted by molar-refractivity contribution is 0.0600. The molecule has 134 valence electrons. The van der Waals surface area contributed by atoms with E-state index in [0.29, 0.717) is 30.4 Å². The van der Waals surface area contributed by atoms with Crippen molar-refractivity contribution in [3.8, 4) is 17.2 Å². The molecule has 3 aromatic rings. The van der Waals surface area contributed by atoms with E-state index in [4.69, 9.17) is 9.15 Å². The standard InChI is InChI=1S/C20H20N2O4/c1-24-20(23)16-12-10-15(11-13-16)19-22-21-18(26-19)9-5-6-14-25-17-7-3-2-4-8-17/h2-4,7-8,10-13H,5-6,9,14H2,1H3. The zero-order valence-corrected chi connectivity index (χ0v) is 14.6. The van der Waals surface area contributed by atoms with E-state index in [0.717, 1.165) is 24.2 Å². The highest BCUT2D eigenvalue weighted by Gasteiger charge is 2.10. The predicted molar refractivity (Wildman–Crippen MR) is 95.9 cm³/mol. The van der Waals surface area contributed by atoms with E-state index in [1.165, 1.54) is 7.11 Å². The minimum atomic E-state index is -0.375. The number of methoxy groups -OCH3 is 1. The van der Waals surface area contributed by atoms with Crippen LogP contribution in [0.2, 0.25) is 0 Å². The molecular weight excluding hydrogens is 332 g/mol. The van der Waals surface area contributed by atoms with Crippen LogP contribution in [0.4, 0.5) is 0 Å². The maximum absolute atomic E-state index is 11.4. The molecule has 0 aliphatic carbocycles. The Hall–Kier alpha value is -3.15. The van der Waals surface area contributed by atoms with E-state index < -0.39 is 0 Å². The Kier molecular flexibility index (Phi) is 5.98. The fraction of sp³-hybridized carbons (Fsp3) is 0.250. The fourth-order valence-electron chi connectivity index (χ4n) is 2.42. The van der Waals surface area contributed by atoms with Gasteiger partial charge in [0.1, 0.15) is 5.75 Å². The first-order chi connectivity index (χ1) is 12.8. The third-order valence-corrected chi connectivity index (χ3v) is 3.82. The highest BCUT2D eigenvalue weighted by molar-refractivity contribution is 5.89. The van der Waals surface area contributed by atoms with Crippen LogP contribution >= 0.6 is 0 Å². The van der Waals surface area contributed by atoms with Gasteiger partial charge >= 0.3 is 5.97 Å². The van der Waals surface area contributed by atoms with Gasteiger partial charge in [-0.15, -0.1) is 10.2 Å². The number of ether oxygens (including phenoxy) is 2. The molecule has 6 heteroatoms. The maximum atomic E-state index is 11.4. The number of aromatic nitrogens is 2. The summed E-state index contributed by atoms with van der Waals surface area (Å²) in [6.07, 6.45) is 2.50. The van der Waals surface area contributed by atoms with Gasteiger partial charge in [-0.25, -0.2) is 4.79 Å². The molecule has 0 unspecified atom stereocenters. The number of unbranched alkanes of at least 4 members (excludes halogenated alkanes) is 1. The number of hydrogen-bond donors (Lipinski definition) is 0. The van der Waals surface area contributed by atoms with Crippen molar-refractivity contribution in [1.29, 1.82) is 0 Å². The molecule has 0 atom stereocenters. The van der Waals surface area contributed by atoms with Gasteiger partial charge in [-0.2, -0.15) is 0 Å². The predicted octanol–water partition coefficient (Wildman–Crippen LogP) is 3.92. The average Bonchev–Trinajstić information content (AvgIpc) is 3.17. The van der Waals surface area contributed by atoms with Crippen molar-refractivity contribution in [1.82, 2.24) is 10.2 Å². The molecule has 1 aromatic heterocycles. The van der Waals surface area contributed by atoms with Crippen molar-refractivity contribution in [2.24, 2.45) is 0 Å². The molecule has 0 radical (unpaired) electrons. The highest BCUT2D eigenvalue weighted by atomic mass is 16.5. The van der Waals surface area contributed by atoms with Gasteiger partial charge in [-0.1, -0.05) is 18.2 Å². The summed E-state index contributed by atoms with van der Waals surface area (Å²) >= 11 is 0. The largest absolute Gasteiger partial charge is 0.494 e. The summed E-state index contributed by atoms with van der Waals surface area (Å²) in [6.45, 7) is 0.653. The summed E-state index contributed by atoms with van der Waals surface area (Å²) in [5, 5.41) is 8.14. The average molecular weight is 352 g/mol. The quantitative estimate of drug-likeness (QED) is 0.452. The second kappa shape index (κ2) is 8.80. The molecule has 0 bridgehead atoms. The minimum Gasteiger partial charge on any atom is -0.494 e. The molecule has 0 aliphatic heterocycles. The first-order valence-corrected chi connectivity index (χ1v) is 8.45. The fourth-order valence-corrected chi connectivity index (χ4v) is 2.42. The molecule has 0 amide bonds. The topological polar surface area (TPSA) is 74.5 Å². The van der Waals surface area contributed by atoms with Crippen molar-refractivity contribution < 1.29 is 18.7 Å². The lowest BCUT2D eigenvalue weighted by Gasteiger charge is -2.04. The van der Waals surface area contributed by atoms with Crippen LogP contribution in [-0.2, 0) is 11.2 Å². The molecule has 3 rings (SSSR count). The first kappa shape index (κ1) is 17.7. The van der Waals surface area contributed by atoms with Gasteiger partial charge in [0.05, 0.1) is 19.3 Å². The summed E-state index contributed by atoms with van der Waals surface area (Å²) in [7, 11) is 1.35. The van der Waals surface area contributed by atoms with Crippen LogP contribution in [0.3, 0.4) is 0 Å². The lowest BCUT2D eigenvalue weighted by Crippen LogP contribution is -2.00. The van der Waals surface area contributed by atoms with Crippen LogP contribution in [0.1, 0.15) is 29.1 Å². The maximum Gasteiger partial charge on any atom is 0.337 e. The van der Waals surface area contributed by atoms with Crippen LogP contribution in [0, 0.1) is 0 Å². The van der Waals surface area contributed by atoms with Crippen LogP contribution in [-0.4, -0.2) is 29.9 Å². The number of nitrogens with zero attached hydrogens (tertiary/aromatic N) is 2. The zero-order chi connectivity index (χ0) is 18.2. The van der Waals surface area contributed by atoms with Gasteiger partial charge in [0.2, 0.25) is 11.8 Å². The van der Waals surface area contributed by atoms with Crippen LogP contribution in [0.5, 0.6) is 5.75 Å². The van der Waals surface area contributed by atoms with Crippen LogP contribution in [0.25, 0.3) is 11.5 Å². The number of benzene rings is 2. The summed E-state index contributed by atoms with van der Waals surface area (Å²) in [4.78, 5) is 11.4. The van der Waals surface area contributed by atoms with Crippen molar-refractivity contribution in [3.63, 3.8) is 0 Å². The third kappa shape index (κ3) is 4.69. The summed E-state index contributed by atoms with van der Waals surface area (Å²) in [5.74, 6) is 1.54. The molecular formula is C20H20N2O4. The van der Waals surface area contributed by atoms with E-state index in [9.17, 15) is 4.79 Å². The van der Waals surface area contributed by atoms with E-state index >= 15 is 0 Å². The monoisotopic (exact) mass is 352 g/mol. The van der Waals surface area contributed by atoms with Gasteiger partial charge in [0, 0.05) is 12.0 Å². The zero-order valence-electron chi connectivity index (χ0n) is 14.6. The molecule has 0 spiro atoms. The Morgan fingerprint density at radius 2 is 1.77 bits per heavy atom. The van der Waals surface area contributed by atoms with E-state index in [-0.39, 0.29) is 5.97 Å². The van der Waals surface area contributed by atoms with E-state index in [1.807, 2.05) is 30.3 Å². The van der Waals surface area contributed by atoms with Gasteiger partial charge in [-0.3, -0.25) is 0 Å². The number of hydrogen-bond acceptors (Lipinski definition) is 6. The molecule has 1 heterocycles. The molecule has 6 nitrogen and oxygen atoms in total. The van der Waals surface area contributed by atoms with Crippen molar-refractivity contribution in [3.05, 3.63) is 66.1 Å². The van der Waals surface area contributed by atoms with Gasteiger partial charge < -0.3 is 13.9 Å². The Bertz CT molecular complexity index is 829. The Morgan fingerprint density at radius 3 is 2.50 bits per heavy atom. The Labute approximate surface area is 151 Å². The molecule has 26 heavy (non-hydrogen) atoms. The number of carbonyl (C=O) groups is 1. The number of aryl methyl sites for hydroxylation is 1. The molecule has 2 aromatic carbocycles. The van der Waals surface area contributed by atoms with Gasteiger partial charge in [0.25, 0.3) is 0 Å². The van der Waals surface area contributed by atoms with Crippen LogP contribution < -0.4 is 4.74 Å². The number of esters is 1. The van der Waals surface area contributed by atoms with Crippen LogP contribution in [0.15, 0.2) is 59.0 Å². The van der Waals surface area contributed by atoms with Crippen molar-refractivity contribution >= 4 is 5.97 Å². The van der Waals surface area contributed by atoms with E-state index in [2.05, 4.69) is 14.9 Å². The van der Waals surface area contributed by atoms with Gasteiger partial charge in [-0.05, 0) is 49.2 Å². The lowest BCUT2D eigenvalue weighted by atomic mass is 10.1. The Morgan fingerprint density at radius 1 is 1.00 bits per heavy atom. The van der Waals surface area contributed by atoms with E-state index in [1.54, 1.807) is 24.3 Å². The third-order valence-electron chi connectivity index (χ3n) is 3.82. The normalized spacial score (nSPS) is 10.5. The summed E-state index contributed by atoms with van der Waals surface area (Å²) in [5.41, 5.74) is 1.25. The van der Waals surface area contributed by atoms with Crippen molar-refractivity contribution in [2.75, 3.05) is 13.7 Å². The smallest absolute Gasteiger partial charge is 0.337 e. The van der Waals surface area contributed by atoms with Crippen molar-refractivity contribution in [2.45, 2.75) is 19.3 Å². The SMILES string of the molecule is COC(=O)c1ccc(-c2nnc(CCCCOc3ccccc3)o2)cc1. The molecule has 0 aliphatic rings. The molecule has 0 saturated heterocycles. The number of rotatable bonds is 8. The molecule has 0 N–H and O–H groups in total. The van der Waals surface area contributed by atoms with Gasteiger partial charge in [0.15, 0.2) is 0 Å². The summed E-state index contributed by atoms with van der Waals surface area (Å²) in [6, 6.07) is 16.6. The minimum absolute atomic E-state index is 0.375. The first-order valence-electron chi connectivity index (χ1n) is 8.45. The Balaban J connectivity index is 1.46.